The summed E-state index contributed by atoms with van der Waals surface area (Å²) in [5, 5.41) is 11.6. The van der Waals surface area contributed by atoms with Crippen molar-refractivity contribution in [2.75, 3.05) is 5.32 Å². The predicted molar refractivity (Wildman–Crippen MR) is 71.0 cm³/mol. The van der Waals surface area contributed by atoms with Gasteiger partial charge in [0.1, 0.15) is 11.6 Å². The minimum absolute atomic E-state index is 0.0453. The number of hydrogen-bond donors (Lipinski definition) is 3. The van der Waals surface area contributed by atoms with Crippen LogP contribution >= 0.6 is 0 Å². The van der Waals surface area contributed by atoms with E-state index in [0.29, 0.717) is 31.5 Å². The molecule has 1 aliphatic carbocycles. The summed E-state index contributed by atoms with van der Waals surface area (Å²) in [6.45, 7) is 0. The maximum absolute atomic E-state index is 12.0. The maximum atomic E-state index is 12.0. The molecule has 1 aromatic heterocycles. The Morgan fingerprint density at radius 2 is 2.00 bits per heavy atom. The molecular weight excluding hydrogens is 268 g/mol. The predicted octanol–water partition coefficient (Wildman–Crippen LogP) is 1.51. The number of carbonyl (C=O) groups excluding carboxylic acids is 1. The molecule has 104 valence electrons. The van der Waals surface area contributed by atoms with Gasteiger partial charge in [0.05, 0.1) is 11.4 Å². The zero-order chi connectivity index (χ0) is 13.8. The lowest BCUT2D eigenvalue weighted by molar-refractivity contribution is -0.120. The highest BCUT2D eigenvalue weighted by Crippen LogP contribution is 2.27. The Morgan fingerprint density at radius 1 is 1.32 bits per heavy atom. The number of carbonyl (C=O) groups is 1. The summed E-state index contributed by atoms with van der Waals surface area (Å²) in [5.41, 5.74) is 0. The van der Waals surface area contributed by atoms with Crippen molar-refractivity contribution in [1.29, 1.82) is 0 Å². The molecule has 1 fully saturated rings. The summed E-state index contributed by atoms with van der Waals surface area (Å²) in [5.74, 6) is 0.176. The SMILES string of the molecule is O=C(Nc1ccc(O)cn1)C1CCC(S(=O)O)CC1. The number of aromatic nitrogens is 1. The van der Waals surface area contributed by atoms with E-state index in [1.807, 2.05) is 0 Å². The number of nitrogens with zero attached hydrogens (tertiary/aromatic N) is 1. The molecule has 2 rings (SSSR count). The minimum Gasteiger partial charge on any atom is -0.506 e. The Labute approximate surface area is 113 Å². The third kappa shape index (κ3) is 3.74. The van der Waals surface area contributed by atoms with Crippen LogP contribution in [0, 0.1) is 5.92 Å². The Hall–Kier alpha value is -1.47. The van der Waals surface area contributed by atoms with Gasteiger partial charge in [-0.3, -0.25) is 4.79 Å². The van der Waals surface area contributed by atoms with Gasteiger partial charge in [-0.2, -0.15) is 0 Å². The van der Waals surface area contributed by atoms with Crippen molar-refractivity contribution >= 4 is 22.8 Å². The largest absolute Gasteiger partial charge is 0.506 e. The van der Waals surface area contributed by atoms with E-state index in [4.69, 9.17) is 9.66 Å². The quantitative estimate of drug-likeness (QED) is 0.730. The zero-order valence-corrected chi connectivity index (χ0v) is 11.1. The van der Waals surface area contributed by atoms with Gasteiger partial charge in [0.15, 0.2) is 11.1 Å². The lowest BCUT2D eigenvalue weighted by atomic mass is 9.88. The molecule has 3 N–H and O–H groups in total. The molecule has 1 amide bonds. The topological polar surface area (TPSA) is 99.5 Å². The second-order valence-corrected chi connectivity index (χ2v) is 5.86. The highest BCUT2D eigenvalue weighted by Gasteiger charge is 2.28. The average molecular weight is 284 g/mol. The van der Waals surface area contributed by atoms with Crippen LogP contribution in [0.5, 0.6) is 5.75 Å². The molecule has 0 aromatic carbocycles. The Balaban J connectivity index is 1.88. The van der Waals surface area contributed by atoms with Gasteiger partial charge in [-0.1, -0.05) is 0 Å². The Kier molecular flexibility index (Phi) is 4.49. The molecular formula is C12H16N2O4S. The van der Waals surface area contributed by atoms with E-state index in [2.05, 4.69) is 10.3 Å². The molecule has 0 aliphatic heterocycles. The van der Waals surface area contributed by atoms with E-state index < -0.39 is 11.1 Å². The van der Waals surface area contributed by atoms with Gasteiger partial charge in [0.2, 0.25) is 5.91 Å². The summed E-state index contributed by atoms with van der Waals surface area (Å²) in [6, 6.07) is 2.98. The number of nitrogens with one attached hydrogen (secondary N) is 1. The molecule has 0 saturated heterocycles. The summed E-state index contributed by atoms with van der Waals surface area (Å²) >= 11 is -1.79. The van der Waals surface area contributed by atoms with Gasteiger partial charge in [0.25, 0.3) is 0 Å². The van der Waals surface area contributed by atoms with E-state index in [9.17, 15) is 9.00 Å². The molecule has 1 heterocycles. The first-order valence-corrected chi connectivity index (χ1v) is 7.29. The van der Waals surface area contributed by atoms with Crippen LogP contribution < -0.4 is 5.32 Å². The molecule has 0 radical (unpaired) electrons. The summed E-state index contributed by atoms with van der Waals surface area (Å²) < 4.78 is 19.9. The Bertz CT molecular complexity index is 469. The van der Waals surface area contributed by atoms with E-state index >= 15 is 0 Å². The van der Waals surface area contributed by atoms with Crippen LogP contribution in [0.2, 0.25) is 0 Å². The zero-order valence-electron chi connectivity index (χ0n) is 10.3. The van der Waals surface area contributed by atoms with Gasteiger partial charge < -0.3 is 15.0 Å². The van der Waals surface area contributed by atoms with Crippen LogP contribution in [-0.4, -0.2) is 30.0 Å². The Morgan fingerprint density at radius 3 is 2.53 bits per heavy atom. The molecule has 19 heavy (non-hydrogen) atoms. The van der Waals surface area contributed by atoms with Crippen LogP contribution in [0.25, 0.3) is 0 Å². The van der Waals surface area contributed by atoms with Gasteiger partial charge in [0, 0.05) is 5.92 Å². The smallest absolute Gasteiger partial charge is 0.228 e. The van der Waals surface area contributed by atoms with E-state index in [-0.39, 0.29) is 22.8 Å². The third-order valence-corrected chi connectivity index (χ3v) is 4.37. The third-order valence-electron chi connectivity index (χ3n) is 3.33. The fourth-order valence-electron chi connectivity index (χ4n) is 2.21. The highest BCUT2D eigenvalue weighted by molar-refractivity contribution is 7.79. The molecule has 6 nitrogen and oxygen atoms in total. The number of pyridine rings is 1. The highest BCUT2D eigenvalue weighted by atomic mass is 32.2. The van der Waals surface area contributed by atoms with Crippen molar-refractivity contribution < 1.29 is 18.7 Å². The average Bonchev–Trinajstić information content (AvgIpc) is 2.41. The van der Waals surface area contributed by atoms with E-state index in [1.165, 1.54) is 18.3 Å². The first-order chi connectivity index (χ1) is 9.06. The molecule has 1 atom stereocenters. The maximum Gasteiger partial charge on any atom is 0.228 e. The summed E-state index contributed by atoms with van der Waals surface area (Å²) in [6.07, 6.45) is 3.66. The molecule has 1 saturated carbocycles. The number of amides is 1. The minimum atomic E-state index is -1.79. The van der Waals surface area contributed by atoms with Crippen LogP contribution in [0.3, 0.4) is 0 Å². The van der Waals surface area contributed by atoms with Crippen molar-refractivity contribution in [3.8, 4) is 5.75 Å². The van der Waals surface area contributed by atoms with Crippen molar-refractivity contribution in [3.63, 3.8) is 0 Å². The fraction of sp³-hybridized carbons (Fsp3) is 0.500. The van der Waals surface area contributed by atoms with Gasteiger partial charge >= 0.3 is 0 Å². The second kappa shape index (κ2) is 6.12. The number of hydrogen-bond acceptors (Lipinski definition) is 4. The lowest BCUT2D eigenvalue weighted by Gasteiger charge is -2.25. The van der Waals surface area contributed by atoms with Crippen molar-refractivity contribution in [2.24, 2.45) is 5.92 Å². The van der Waals surface area contributed by atoms with E-state index in [1.54, 1.807) is 0 Å². The number of anilines is 1. The van der Waals surface area contributed by atoms with Crippen molar-refractivity contribution in [2.45, 2.75) is 30.9 Å². The van der Waals surface area contributed by atoms with E-state index in [0.717, 1.165) is 0 Å². The van der Waals surface area contributed by atoms with Crippen LogP contribution in [0.1, 0.15) is 25.7 Å². The van der Waals surface area contributed by atoms with Gasteiger partial charge in [-0.15, -0.1) is 0 Å². The molecule has 1 aromatic rings. The first kappa shape index (κ1) is 14.0. The molecule has 1 unspecified atom stereocenters. The second-order valence-electron chi connectivity index (χ2n) is 4.64. The molecule has 0 spiro atoms. The van der Waals surface area contributed by atoms with Crippen molar-refractivity contribution in [3.05, 3.63) is 18.3 Å². The van der Waals surface area contributed by atoms with Gasteiger partial charge in [-0.25, -0.2) is 9.19 Å². The number of aromatic hydroxyl groups is 1. The van der Waals surface area contributed by atoms with Crippen LogP contribution in [0.4, 0.5) is 5.82 Å². The van der Waals surface area contributed by atoms with Crippen LogP contribution in [-0.2, 0) is 15.9 Å². The molecule has 1 aliphatic rings. The standard InChI is InChI=1S/C12H16N2O4S/c15-9-3-6-11(13-7-9)14-12(16)8-1-4-10(5-2-8)19(17)18/h3,6-8,10,15H,1-2,4-5H2,(H,17,18)(H,13,14,16). The van der Waals surface area contributed by atoms with Crippen LogP contribution in [0.15, 0.2) is 18.3 Å². The molecule has 0 bridgehead atoms. The lowest BCUT2D eigenvalue weighted by Crippen LogP contribution is -2.30. The summed E-state index contributed by atoms with van der Waals surface area (Å²) in [7, 11) is 0. The fourth-order valence-corrected chi connectivity index (χ4v) is 2.89. The van der Waals surface area contributed by atoms with Gasteiger partial charge in [-0.05, 0) is 37.8 Å². The monoisotopic (exact) mass is 284 g/mol. The normalized spacial score (nSPS) is 24.7. The first-order valence-electron chi connectivity index (χ1n) is 6.12. The molecule has 7 heteroatoms. The van der Waals surface area contributed by atoms with Crippen molar-refractivity contribution in [1.82, 2.24) is 4.98 Å². The number of rotatable bonds is 3. The summed E-state index contributed by atoms with van der Waals surface area (Å²) in [4.78, 5) is 15.9.